The van der Waals surface area contributed by atoms with Crippen LogP contribution in [-0.2, 0) is 0 Å². The van der Waals surface area contributed by atoms with Crippen LogP contribution in [0.2, 0.25) is 0 Å². The molecule has 0 unspecified atom stereocenters. The molecule has 1 heterocycles. The standard InChI is InChI=1S/C4H6F4Si2/c1-3-9(5,6)4(2)10(3,7)8/h1-2H3. The maximum atomic E-state index is 12.4. The van der Waals surface area contributed by atoms with Gasteiger partial charge in [-0.3, -0.25) is 16.4 Å². The molecule has 0 aromatic rings. The first-order valence-corrected chi connectivity index (χ1v) is 6.27. The molecule has 0 bridgehead atoms. The second kappa shape index (κ2) is 1.85. The SMILES string of the molecule is C[C]1[Si](F)(F)[C](C)[Si]1(F)F. The highest BCUT2D eigenvalue weighted by atomic mass is 28.5. The molecule has 0 nitrogen and oxygen atoms in total. The van der Waals surface area contributed by atoms with Crippen LogP contribution < -0.4 is 0 Å². The summed E-state index contributed by atoms with van der Waals surface area (Å²) in [4.78, 5) is 0. The summed E-state index contributed by atoms with van der Waals surface area (Å²) < 4.78 is 49.8. The van der Waals surface area contributed by atoms with Crippen molar-refractivity contribution in [1.82, 2.24) is 0 Å². The Labute approximate surface area is 58.9 Å². The minimum absolute atomic E-state index is 0.766. The molecule has 1 fully saturated rings. The summed E-state index contributed by atoms with van der Waals surface area (Å²) in [6.07, 6.45) is 0. The summed E-state index contributed by atoms with van der Waals surface area (Å²) in [7, 11) is -9.30. The molecule has 1 aliphatic heterocycles. The Hall–Kier alpha value is 0.154. The van der Waals surface area contributed by atoms with Crippen LogP contribution in [0.1, 0.15) is 13.8 Å². The quantitative estimate of drug-likeness (QED) is 0.309. The van der Waals surface area contributed by atoms with E-state index in [2.05, 4.69) is 0 Å². The fourth-order valence-corrected chi connectivity index (χ4v) is 6.55. The fraction of sp³-hybridized carbons (Fsp3) is 0.500. The molecule has 0 aliphatic carbocycles. The molecule has 0 aromatic carbocycles. The molecule has 0 atom stereocenters. The van der Waals surface area contributed by atoms with Gasteiger partial charge in [0.25, 0.3) is 0 Å². The summed E-state index contributed by atoms with van der Waals surface area (Å²) in [5, 5.41) is -1.53. The van der Waals surface area contributed by atoms with E-state index < -0.39 is 27.8 Å². The van der Waals surface area contributed by atoms with Crippen molar-refractivity contribution < 1.29 is 16.4 Å². The van der Waals surface area contributed by atoms with E-state index in [1.54, 1.807) is 0 Å². The van der Waals surface area contributed by atoms with Crippen molar-refractivity contribution in [3.05, 3.63) is 10.3 Å². The average Bonchev–Trinajstić information content (AvgIpc) is 1.84. The molecule has 0 aromatic heterocycles. The molecule has 2 radical (unpaired) electrons. The Balaban J connectivity index is 2.78. The predicted molar refractivity (Wildman–Crippen MR) is 33.8 cm³/mol. The van der Waals surface area contributed by atoms with Gasteiger partial charge in [-0.2, -0.15) is 0 Å². The van der Waals surface area contributed by atoms with Gasteiger partial charge in [0.1, 0.15) is 0 Å². The molecule has 1 aliphatic rings. The Kier molecular flexibility index (Phi) is 1.52. The summed E-state index contributed by atoms with van der Waals surface area (Å²) in [5.41, 5.74) is 0. The van der Waals surface area contributed by atoms with Crippen LogP contribution in [0.15, 0.2) is 0 Å². The lowest BCUT2D eigenvalue weighted by Crippen LogP contribution is -2.68. The van der Waals surface area contributed by atoms with Gasteiger partial charge in [-0.25, -0.2) is 0 Å². The van der Waals surface area contributed by atoms with Gasteiger partial charge in [0, 0.05) is 0 Å². The van der Waals surface area contributed by atoms with E-state index in [9.17, 15) is 16.4 Å². The first-order chi connectivity index (χ1) is 4.31. The van der Waals surface area contributed by atoms with Crippen LogP contribution in [0, 0.1) is 10.3 Å². The summed E-state index contributed by atoms with van der Waals surface area (Å²) in [6.45, 7) is 1.79. The van der Waals surface area contributed by atoms with Crippen molar-refractivity contribution >= 4 is 17.5 Å². The molecular formula is C4H6F4Si2. The van der Waals surface area contributed by atoms with Crippen LogP contribution >= 0.6 is 0 Å². The Morgan fingerprint density at radius 3 is 1.10 bits per heavy atom. The zero-order valence-corrected chi connectivity index (χ0v) is 7.51. The lowest BCUT2D eigenvalue weighted by atomic mass is 10.9. The van der Waals surface area contributed by atoms with Gasteiger partial charge in [-0.15, -0.1) is 0 Å². The largest absolute Gasteiger partial charge is 0.442 e. The van der Waals surface area contributed by atoms with Crippen LogP contribution in [0.5, 0.6) is 0 Å². The molecular weight excluding hydrogens is 180 g/mol. The van der Waals surface area contributed by atoms with Crippen molar-refractivity contribution in [2.24, 2.45) is 0 Å². The normalized spacial score (nSPS) is 31.8. The van der Waals surface area contributed by atoms with E-state index in [1.807, 2.05) is 0 Å². The van der Waals surface area contributed by atoms with Crippen molar-refractivity contribution in [3.8, 4) is 0 Å². The fourth-order valence-electron chi connectivity index (χ4n) is 0.894. The second-order valence-electron chi connectivity index (χ2n) is 2.40. The smallest absolute Gasteiger partial charge is 0.269 e. The van der Waals surface area contributed by atoms with E-state index >= 15 is 0 Å². The molecule has 0 N–H and O–H groups in total. The van der Waals surface area contributed by atoms with Crippen LogP contribution in [0.4, 0.5) is 16.4 Å². The highest BCUT2D eigenvalue weighted by Gasteiger charge is 2.80. The Bertz CT molecular complexity index is 127. The molecule has 0 saturated carbocycles. The maximum Gasteiger partial charge on any atom is 0.442 e. The summed E-state index contributed by atoms with van der Waals surface area (Å²) in [5.74, 6) is 0. The molecule has 58 valence electrons. The van der Waals surface area contributed by atoms with Gasteiger partial charge in [-0.05, 0) is 0 Å². The molecule has 6 heteroatoms. The highest BCUT2D eigenvalue weighted by Crippen LogP contribution is 2.54. The number of rotatable bonds is 0. The van der Waals surface area contributed by atoms with Crippen molar-refractivity contribution in [1.29, 1.82) is 0 Å². The lowest BCUT2D eigenvalue weighted by Gasteiger charge is -2.42. The molecule has 10 heavy (non-hydrogen) atoms. The van der Waals surface area contributed by atoms with Crippen molar-refractivity contribution in [2.75, 3.05) is 0 Å². The summed E-state index contributed by atoms with van der Waals surface area (Å²) in [6, 6.07) is 0. The van der Waals surface area contributed by atoms with E-state index in [0.717, 1.165) is 13.8 Å². The van der Waals surface area contributed by atoms with E-state index in [0.29, 0.717) is 0 Å². The molecule has 0 spiro atoms. The Morgan fingerprint density at radius 2 is 1.00 bits per heavy atom. The Morgan fingerprint density at radius 1 is 0.800 bits per heavy atom. The zero-order valence-electron chi connectivity index (χ0n) is 5.51. The minimum atomic E-state index is -4.65. The van der Waals surface area contributed by atoms with Crippen LogP contribution in [0.25, 0.3) is 0 Å². The lowest BCUT2D eigenvalue weighted by molar-refractivity contribution is 0.526. The van der Waals surface area contributed by atoms with E-state index in [-0.39, 0.29) is 0 Å². The van der Waals surface area contributed by atoms with Gasteiger partial charge in [0.15, 0.2) is 0 Å². The van der Waals surface area contributed by atoms with Gasteiger partial charge in [-0.1, -0.05) is 13.8 Å². The first kappa shape index (κ1) is 8.25. The van der Waals surface area contributed by atoms with Crippen LogP contribution in [-0.4, -0.2) is 17.5 Å². The van der Waals surface area contributed by atoms with Gasteiger partial charge >= 0.3 is 17.5 Å². The third-order valence-corrected chi connectivity index (χ3v) is 9.42. The van der Waals surface area contributed by atoms with E-state index in [4.69, 9.17) is 0 Å². The van der Waals surface area contributed by atoms with Crippen molar-refractivity contribution in [3.63, 3.8) is 0 Å². The molecule has 1 rings (SSSR count). The molecule has 1 saturated heterocycles. The first-order valence-electron chi connectivity index (χ1n) is 2.76. The minimum Gasteiger partial charge on any atom is -0.269 e. The zero-order chi connectivity index (χ0) is 8.15. The topological polar surface area (TPSA) is 0 Å². The van der Waals surface area contributed by atoms with Gasteiger partial charge in [0.2, 0.25) is 0 Å². The summed E-state index contributed by atoms with van der Waals surface area (Å²) >= 11 is 0. The predicted octanol–water partition coefficient (Wildman–Crippen LogP) is 2.11. The van der Waals surface area contributed by atoms with Gasteiger partial charge < -0.3 is 0 Å². The maximum absolute atomic E-state index is 12.4. The van der Waals surface area contributed by atoms with Gasteiger partial charge in [0.05, 0.1) is 10.3 Å². The van der Waals surface area contributed by atoms with Crippen molar-refractivity contribution in [2.45, 2.75) is 13.8 Å². The third-order valence-electron chi connectivity index (χ3n) is 1.88. The number of hydrogen-bond acceptors (Lipinski definition) is 0. The van der Waals surface area contributed by atoms with Crippen LogP contribution in [0.3, 0.4) is 0 Å². The molecule has 0 amide bonds. The average molecular weight is 186 g/mol. The number of hydrogen-bond donors (Lipinski definition) is 0. The van der Waals surface area contributed by atoms with E-state index in [1.165, 1.54) is 0 Å². The second-order valence-corrected chi connectivity index (χ2v) is 8.70. The monoisotopic (exact) mass is 186 g/mol. The highest BCUT2D eigenvalue weighted by molar-refractivity contribution is 7.17. The third kappa shape index (κ3) is 0.715. The number of halogens is 4.